The van der Waals surface area contributed by atoms with Crippen LogP contribution in [0.15, 0.2) is 12.2 Å². The Hall–Kier alpha value is -0.870. The average molecular weight is 256 g/mol. The summed E-state index contributed by atoms with van der Waals surface area (Å²) in [6, 6.07) is 0. The zero-order valence-electron chi connectivity index (χ0n) is 12.5. The first kappa shape index (κ1) is 17.1. The molecule has 0 fully saturated rings. The highest BCUT2D eigenvalue weighted by molar-refractivity contribution is 5.88. The third-order valence-corrected chi connectivity index (χ3v) is 2.47. The van der Waals surface area contributed by atoms with Crippen LogP contribution in [0.1, 0.15) is 20.8 Å². The van der Waals surface area contributed by atoms with Crippen molar-refractivity contribution in [2.75, 3.05) is 46.9 Å². The maximum Gasteiger partial charge on any atom is 0.334 e. The van der Waals surface area contributed by atoms with E-state index >= 15 is 0 Å². The van der Waals surface area contributed by atoms with Gasteiger partial charge in [-0.3, -0.25) is 4.90 Å². The van der Waals surface area contributed by atoms with Crippen molar-refractivity contribution in [3.05, 3.63) is 12.2 Å². The second kappa shape index (κ2) is 9.11. The lowest BCUT2D eigenvalue weighted by Gasteiger charge is -2.26. The van der Waals surface area contributed by atoms with E-state index in [1.54, 1.807) is 0 Å². The standard InChI is InChI=1S/C14H28N2O2/c1-7-18-14(17)13(4)11-16(10-12(2)3)9-8-15(5)6/h12H,4,7-11H2,1-3,5-6H3. The summed E-state index contributed by atoms with van der Waals surface area (Å²) in [6.45, 7) is 13.8. The highest BCUT2D eigenvalue weighted by Crippen LogP contribution is 2.04. The van der Waals surface area contributed by atoms with Gasteiger partial charge in [-0.25, -0.2) is 4.79 Å². The van der Waals surface area contributed by atoms with E-state index < -0.39 is 0 Å². The molecule has 0 amide bonds. The molecule has 4 heteroatoms. The predicted molar refractivity (Wildman–Crippen MR) is 75.6 cm³/mol. The van der Waals surface area contributed by atoms with Gasteiger partial charge in [-0.15, -0.1) is 0 Å². The van der Waals surface area contributed by atoms with E-state index in [2.05, 4.69) is 30.2 Å². The van der Waals surface area contributed by atoms with Gasteiger partial charge < -0.3 is 9.64 Å². The van der Waals surface area contributed by atoms with E-state index in [0.717, 1.165) is 19.6 Å². The molecule has 0 saturated carbocycles. The van der Waals surface area contributed by atoms with E-state index in [1.807, 2.05) is 21.0 Å². The molecule has 0 aliphatic heterocycles. The molecule has 0 heterocycles. The van der Waals surface area contributed by atoms with Crippen LogP contribution in [0.3, 0.4) is 0 Å². The number of carbonyl (C=O) groups excluding carboxylic acids is 1. The number of hydrogen-bond acceptors (Lipinski definition) is 4. The van der Waals surface area contributed by atoms with E-state index in [4.69, 9.17) is 4.74 Å². The Bertz CT molecular complexity index is 263. The van der Waals surface area contributed by atoms with Crippen LogP contribution in [-0.4, -0.2) is 62.7 Å². The Morgan fingerprint density at radius 1 is 1.28 bits per heavy atom. The largest absolute Gasteiger partial charge is 0.463 e. The number of esters is 1. The van der Waals surface area contributed by atoms with Crippen molar-refractivity contribution in [2.24, 2.45) is 5.92 Å². The van der Waals surface area contributed by atoms with E-state index in [-0.39, 0.29) is 5.97 Å². The smallest absolute Gasteiger partial charge is 0.334 e. The van der Waals surface area contributed by atoms with Crippen LogP contribution in [0.4, 0.5) is 0 Å². The zero-order chi connectivity index (χ0) is 14.1. The molecule has 0 atom stereocenters. The van der Waals surface area contributed by atoms with Crippen molar-refractivity contribution in [3.63, 3.8) is 0 Å². The number of hydrogen-bond donors (Lipinski definition) is 0. The minimum absolute atomic E-state index is 0.281. The van der Waals surface area contributed by atoms with Crippen LogP contribution >= 0.6 is 0 Å². The zero-order valence-corrected chi connectivity index (χ0v) is 12.5. The lowest BCUT2D eigenvalue weighted by Crippen LogP contribution is -2.36. The normalized spacial score (nSPS) is 11.3. The van der Waals surface area contributed by atoms with E-state index in [9.17, 15) is 4.79 Å². The molecule has 0 saturated heterocycles. The number of ether oxygens (including phenoxy) is 1. The number of nitrogens with zero attached hydrogens (tertiary/aromatic N) is 2. The minimum Gasteiger partial charge on any atom is -0.463 e. The topological polar surface area (TPSA) is 32.8 Å². The van der Waals surface area contributed by atoms with Crippen LogP contribution in [0.2, 0.25) is 0 Å². The Kier molecular flexibility index (Phi) is 8.67. The van der Waals surface area contributed by atoms with Gasteiger partial charge in [-0.05, 0) is 26.9 Å². The molecule has 0 aliphatic rings. The fourth-order valence-electron chi connectivity index (χ4n) is 1.66. The van der Waals surface area contributed by atoms with Crippen molar-refractivity contribution in [3.8, 4) is 0 Å². The minimum atomic E-state index is -0.281. The summed E-state index contributed by atoms with van der Waals surface area (Å²) < 4.78 is 4.96. The fourth-order valence-corrected chi connectivity index (χ4v) is 1.66. The molecule has 0 aromatic carbocycles. The average Bonchev–Trinajstić information content (AvgIpc) is 2.25. The Labute approximate surface area is 112 Å². The summed E-state index contributed by atoms with van der Waals surface area (Å²) in [7, 11) is 4.10. The van der Waals surface area contributed by atoms with Crippen molar-refractivity contribution < 1.29 is 9.53 Å². The first-order chi connectivity index (χ1) is 8.36. The third-order valence-electron chi connectivity index (χ3n) is 2.47. The molecule has 0 unspecified atom stereocenters. The molecule has 106 valence electrons. The van der Waals surface area contributed by atoms with Gasteiger partial charge in [0.25, 0.3) is 0 Å². The molecule has 4 nitrogen and oxygen atoms in total. The molecule has 0 N–H and O–H groups in total. The van der Waals surface area contributed by atoms with Gasteiger partial charge >= 0.3 is 5.97 Å². The SMILES string of the molecule is C=C(CN(CCN(C)C)CC(C)C)C(=O)OCC. The Morgan fingerprint density at radius 3 is 2.33 bits per heavy atom. The summed E-state index contributed by atoms with van der Waals surface area (Å²) in [6.07, 6.45) is 0. The van der Waals surface area contributed by atoms with E-state index in [1.165, 1.54) is 0 Å². The highest BCUT2D eigenvalue weighted by Gasteiger charge is 2.14. The second-order valence-corrected chi connectivity index (χ2v) is 5.26. The summed E-state index contributed by atoms with van der Waals surface area (Å²) in [5.41, 5.74) is 0.538. The lowest BCUT2D eigenvalue weighted by molar-refractivity contribution is -0.138. The van der Waals surface area contributed by atoms with Gasteiger partial charge in [0.15, 0.2) is 0 Å². The third kappa shape index (κ3) is 8.25. The van der Waals surface area contributed by atoms with Crippen LogP contribution < -0.4 is 0 Å². The van der Waals surface area contributed by atoms with Crippen LogP contribution in [0.25, 0.3) is 0 Å². The number of likely N-dealkylation sites (N-methyl/N-ethyl adjacent to an activating group) is 1. The molecule has 0 aromatic heterocycles. The van der Waals surface area contributed by atoms with Crippen molar-refractivity contribution >= 4 is 5.97 Å². The molecule has 0 aliphatic carbocycles. The summed E-state index contributed by atoms with van der Waals surface area (Å²) >= 11 is 0. The lowest BCUT2D eigenvalue weighted by atomic mass is 10.2. The van der Waals surface area contributed by atoms with Crippen molar-refractivity contribution in [1.29, 1.82) is 0 Å². The first-order valence-corrected chi connectivity index (χ1v) is 6.58. The fraction of sp³-hybridized carbons (Fsp3) is 0.786. The van der Waals surface area contributed by atoms with Crippen molar-refractivity contribution in [1.82, 2.24) is 9.80 Å². The number of rotatable bonds is 9. The van der Waals surface area contributed by atoms with E-state index in [0.29, 0.717) is 24.6 Å². The van der Waals surface area contributed by atoms with Gasteiger partial charge in [-0.2, -0.15) is 0 Å². The van der Waals surface area contributed by atoms with Gasteiger partial charge in [0.05, 0.1) is 6.61 Å². The molecule has 0 rings (SSSR count). The monoisotopic (exact) mass is 256 g/mol. The molecule has 18 heavy (non-hydrogen) atoms. The number of carbonyl (C=O) groups is 1. The van der Waals surface area contributed by atoms with Gasteiger partial charge in [0, 0.05) is 31.8 Å². The molecule has 0 radical (unpaired) electrons. The van der Waals surface area contributed by atoms with Gasteiger partial charge in [0.1, 0.15) is 0 Å². The quantitative estimate of drug-likeness (QED) is 0.464. The maximum absolute atomic E-state index is 11.5. The van der Waals surface area contributed by atoms with Gasteiger partial charge in [-0.1, -0.05) is 20.4 Å². The summed E-state index contributed by atoms with van der Waals surface area (Å²) in [4.78, 5) is 15.9. The molecule has 0 spiro atoms. The second-order valence-electron chi connectivity index (χ2n) is 5.26. The first-order valence-electron chi connectivity index (χ1n) is 6.58. The summed E-state index contributed by atoms with van der Waals surface area (Å²) in [5.74, 6) is 0.290. The Balaban J connectivity index is 4.29. The van der Waals surface area contributed by atoms with Crippen molar-refractivity contribution in [2.45, 2.75) is 20.8 Å². The molecule has 0 bridgehead atoms. The maximum atomic E-state index is 11.5. The Morgan fingerprint density at radius 2 is 1.89 bits per heavy atom. The van der Waals surface area contributed by atoms with Crippen LogP contribution in [-0.2, 0) is 9.53 Å². The van der Waals surface area contributed by atoms with Crippen LogP contribution in [0.5, 0.6) is 0 Å². The summed E-state index contributed by atoms with van der Waals surface area (Å²) in [5, 5.41) is 0. The molecule has 0 aromatic rings. The highest BCUT2D eigenvalue weighted by atomic mass is 16.5. The van der Waals surface area contributed by atoms with Gasteiger partial charge in [0.2, 0.25) is 0 Å². The molecular formula is C14H28N2O2. The predicted octanol–water partition coefficient (Wildman–Crippen LogP) is 1.63. The molecular weight excluding hydrogens is 228 g/mol. The van der Waals surface area contributed by atoms with Crippen LogP contribution in [0, 0.1) is 5.92 Å².